The number of primary amides is 1. The minimum Gasteiger partial charge on any atom is -0.493 e. The lowest BCUT2D eigenvalue weighted by Gasteiger charge is -2.29. The second kappa shape index (κ2) is 14.8. The molecule has 0 radical (unpaired) electrons. The van der Waals surface area contributed by atoms with Gasteiger partial charge in [-0.25, -0.2) is 4.98 Å². The number of unbranched alkanes of at least 4 members (excludes halogenated alkanes) is 2. The molecule has 0 bridgehead atoms. The fourth-order valence-corrected chi connectivity index (χ4v) is 7.68. The molecule has 2 fully saturated rings. The smallest absolute Gasteiger partial charge is 0.266 e. The molecule has 0 saturated carbocycles. The number of nitrogens with one attached hydrogen (secondary N) is 3. The number of carbonyl (C=O) groups is 6. The summed E-state index contributed by atoms with van der Waals surface area (Å²) >= 11 is 0. The van der Waals surface area contributed by atoms with Crippen molar-refractivity contribution in [3.05, 3.63) is 77.2 Å². The van der Waals surface area contributed by atoms with E-state index in [1.807, 2.05) is 18.2 Å². The minimum absolute atomic E-state index is 0.0380. The van der Waals surface area contributed by atoms with E-state index in [1.165, 1.54) is 18.9 Å². The highest BCUT2D eigenvalue weighted by Crippen LogP contribution is 2.37. The van der Waals surface area contributed by atoms with Crippen LogP contribution in [-0.2, 0) is 25.7 Å². The maximum Gasteiger partial charge on any atom is 0.266 e. The van der Waals surface area contributed by atoms with Gasteiger partial charge in [-0.05, 0) is 82.3 Å². The van der Waals surface area contributed by atoms with Crippen molar-refractivity contribution in [3.8, 4) is 5.75 Å². The Morgan fingerprint density at radius 1 is 1.08 bits per heavy atom. The minimum atomic E-state index is -1.06. The van der Waals surface area contributed by atoms with Gasteiger partial charge in [0.2, 0.25) is 17.7 Å². The number of carbonyl (C=O) groups excluding carboxylic acids is 6. The summed E-state index contributed by atoms with van der Waals surface area (Å²) in [6, 6.07) is 9.82. The van der Waals surface area contributed by atoms with Gasteiger partial charge in [0.05, 0.1) is 40.7 Å². The number of benzene rings is 2. The largest absolute Gasteiger partial charge is 0.493 e. The zero-order valence-corrected chi connectivity index (χ0v) is 29.6. The average Bonchev–Trinajstić information content (AvgIpc) is 3.81. The van der Waals surface area contributed by atoms with Crippen LogP contribution < -0.4 is 21.1 Å². The van der Waals surface area contributed by atoms with Crippen molar-refractivity contribution in [3.63, 3.8) is 0 Å². The molecule has 3 aliphatic heterocycles. The first-order valence-electron chi connectivity index (χ1n) is 18.2. The lowest BCUT2D eigenvalue weighted by Crippen LogP contribution is -2.54. The lowest BCUT2D eigenvalue weighted by atomic mass is 9.75. The molecule has 0 spiro atoms. The molecular weight excluding hydrogens is 678 g/mol. The van der Waals surface area contributed by atoms with E-state index in [0.29, 0.717) is 49.4 Å². The van der Waals surface area contributed by atoms with Gasteiger partial charge in [-0.15, -0.1) is 0 Å². The molecule has 6 amide bonds. The van der Waals surface area contributed by atoms with Crippen LogP contribution in [0.5, 0.6) is 5.75 Å². The lowest BCUT2D eigenvalue weighted by molar-refractivity contribution is -0.136. The van der Waals surface area contributed by atoms with E-state index in [2.05, 4.69) is 27.4 Å². The number of aromatic amines is 1. The number of aromatic nitrogens is 2. The number of imidazole rings is 1. The molecule has 3 atom stereocenters. The van der Waals surface area contributed by atoms with Gasteiger partial charge in [-0.2, -0.15) is 0 Å². The first kappa shape index (κ1) is 35.8. The van der Waals surface area contributed by atoms with Gasteiger partial charge in [0.1, 0.15) is 17.6 Å². The highest BCUT2D eigenvalue weighted by atomic mass is 16.5. The van der Waals surface area contributed by atoms with Crippen molar-refractivity contribution in [2.24, 2.45) is 11.1 Å². The fourth-order valence-electron chi connectivity index (χ4n) is 7.68. The number of H-pyrrole nitrogens is 1. The molecule has 276 valence electrons. The van der Waals surface area contributed by atoms with Gasteiger partial charge < -0.3 is 20.8 Å². The third kappa shape index (κ3) is 7.23. The number of hydrogen-bond acceptors (Lipinski definition) is 9. The van der Waals surface area contributed by atoms with E-state index in [1.54, 1.807) is 30.4 Å². The number of hydrogen-bond donors (Lipinski definition) is 4. The molecule has 3 aromatic rings. The van der Waals surface area contributed by atoms with Crippen molar-refractivity contribution < 1.29 is 33.5 Å². The molecule has 5 N–H and O–H groups in total. The normalized spacial score (nSPS) is 23.0. The second-order valence-electron chi connectivity index (χ2n) is 14.3. The molecular formula is C39H43N7O7. The third-order valence-electron chi connectivity index (χ3n) is 10.8. The van der Waals surface area contributed by atoms with Crippen LogP contribution in [0, 0.1) is 5.41 Å². The molecule has 2 aromatic carbocycles. The second-order valence-corrected chi connectivity index (χ2v) is 14.3. The van der Waals surface area contributed by atoms with Gasteiger partial charge in [0.15, 0.2) is 0 Å². The van der Waals surface area contributed by atoms with E-state index >= 15 is 0 Å². The summed E-state index contributed by atoms with van der Waals surface area (Å²) in [7, 11) is 0. The first-order valence-corrected chi connectivity index (χ1v) is 18.2. The van der Waals surface area contributed by atoms with Gasteiger partial charge in [-0.3, -0.25) is 43.9 Å². The third-order valence-corrected chi connectivity index (χ3v) is 10.8. The highest BCUT2D eigenvalue weighted by Gasteiger charge is 2.46. The molecule has 7 rings (SSSR count). The number of anilines is 1. The number of imide groups is 2. The van der Waals surface area contributed by atoms with Crippen LogP contribution in [0.25, 0.3) is 11.0 Å². The first-order chi connectivity index (χ1) is 25.5. The number of ether oxygens (including phenoxy) is 1. The van der Waals surface area contributed by atoms with Crippen molar-refractivity contribution in [1.82, 2.24) is 25.1 Å². The topological polar surface area (TPSA) is 197 Å². The quantitative estimate of drug-likeness (QED) is 0.150. The standard InChI is InChI=1S/C39H43N7O7/c1-23-7-6-19-45(23)22-31-42-27-11-10-25(21-28(27)43-31)41-34(48)24-14-17-39(18-15-24,38(40)52)16-3-2-4-20-53-30-9-5-8-26-33(30)37(51)46(36(26)50)29-12-13-32(47)44-35(29)49/h5,8-11,14-15,17,21,23,29H,2-4,6-7,12-13,16,18-20,22H2,1H3,(H2,40,52)(H,41,48)(H,42,43)(H,44,47,49)/t23-,29?,39?/m0/s1. The summed E-state index contributed by atoms with van der Waals surface area (Å²) in [4.78, 5) is 87.6. The number of fused-ring (bicyclic) bond motifs is 2. The van der Waals surface area contributed by atoms with Gasteiger partial charge in [0, 0.05) is 23.7 Å². The highest BCUT2D eigenvalue weighted by molar-refractivity contribution is 6.24. The molecule has 2 saturated heterocycles. The van der Waals surface area contributed by atoms with Gasteiger partial charge in [0.25, 0.3) is 17.7 Å². The zero-order valence-electron chi connectivity index (χ0n) is 29.6. The molecule has 1 aliphatic carbocycles. The number of nitrogens with zero attached hydrogens (tertiary/aromatic N) is 3. The molecule has 2 unspecified atom stereocenters. The average molecular weight is 722 g/mol. The number of rotatable bonds is 13. The molecule has 14 nitrogen and oxygen atoms in total. The van der Waals surface area contributed by atoms with E-state index in [0.717, 1.165) is 34.8 Å². The number of allylic oxidation sites excluding steroid dienone is 1. The van der Waals surface area contributed by atoms with Crippen LogP contribution in [0.2, 0.25) is 0 Å². The Bertz CT molecular complexity index is 2070. The number of nitrogens with two attached hydrogens (primary N) is 1. The Labute approximate surface area is 306 Å². The summed E-state index contributed by atoms with van der Waals surface area (Å²) in [5, 5.41) is 5.14. The van der Waals surface area contributed by atoms with E-state index in [-0.39, 0.29) is 42.2 Å². The summed E-state index contributed by atoms with van der Waals surface area (Å²) in [5.74, 6) is -1.93. The SMILES string of the molecule is C[C@H]1CCCN1Cc1nc2cc(NC(=O)C3=CCC(CCCCCOc4cccc5c4C(=O)N(C4CCC(=O)NC4=O)C5=O)(C(N)=O)C=C3)ccc2[nH]1. The van der Waals surface area contributed by atoms with Crippen LogP contribution in [0.3, 0.4) is 0 Å². The van der Waals surface area contributed by atoms with Crippen molar-refractivity contribution >= 4 is 52.2 Å². The Morgan fingerprint density at radius 2 is 1.92 bits per heavy atom. The predicted molar refractivity (Wildman–Crippen MR) is 194 cm³/mol. The Morgan fingerprint density at radius 3 is 2.66 bits per heavy atom. The van der Waals surface area contributed by atoms with Crippen LogP contribution in [-0.4, -0.2) is 80.4 Å². The zero-order chi connectivity index (χ0) is 37.3. The molecule has 4 heterocycles. The van der Waals surface area contributed by atoms with E-state index in [4.69, 9.17) is 15.5 Å². The van der Waals surface area contributed by atoms with Crippen LogP contribution in [0.1, 0.15) is 91.3 Å². The van der Waals surface area contributed by atoms with E-state index < -0.39 is 41.0 Å². The van der Waals surface area contributed by atoms with Gasteiger partial charge >= 0.3 is 0 Å². The Kier molecular flexibility index (Phi) is 9.97. The van der Waals surface area contributed by atoms with Crippen molar-refractivity contribution in [2.45, 2.75) is 83.3 Å². The maximum atomic E-state index is 13.3. The number of piperidine rings is 1. The Balaban J connectivity index is 0.889. The summed E-state index contributed by atoms with van der Waals surface area (Å²) < 4.78 is 5.93. The summed E-state index contributed by atoms with van der Waals surface area (Å²) in [5.41, 5.74) is 7.97. The molecule has 1 aromatic heterocycles. The molecule has 53 heavy (non-hydrogen) atoms. The van der Waals surface area contributed by atoms with Crippen molar-refractivity contribution in [1.29, 1.82) is 0 Å². The maximum absolute atomic E-state index is 13.3. The number of likely N-dealkylation sites (tertiary alicyclic amines) is 1. The molecule has 4 aliphatic rings. The summed E-state index contributed by atoms with van der Waals surface area (Å²) in [6.45, 7) is 4.32. The summed E-state index contributed by atoms with van der Waals surface area (Å²) in [6.07, 6.45) is 10.4. The monoisotopic (exact) mass is 721 g/mol. The predicted octanol–water partition coefficient (Wildman–Crippen LogP) is 3.88. The fraction of sp³-hybridized carbons (Fsp3) is 0.410. The van der Waals surface area contributed by atoms with Gasteiger partial charge in [-0.1, -0.05) is 37.1 Å². The molecule has 14 heteroatoms. The van der Waals surface area contributed by atoms with Crippen LogP contribution in [0.15, 0.2) is 60.2 Å². The van der Waals surface area contributed by atoms with Crippen LogP contribution >= 0.6 is 0 Å². The van der Waals surface area contributed by atoms with Crippen molar-refractivity contribution in [2.75, 3.05) is 18.5 Å². The Hall–Kier alpha value is -5.63. The number of amides is 6. The van der Waals surface area contributed by atoms with E-state index in [9.17, 15) is 28.8 Å². The van der Waals surface area contributed by atoms with Crippen LogP contribution in [0.4, 0.5) is 5.69 Å².